The van der Waals surface area contributed by atoms with Crippen molar-refractivity contribution in [3.63, 3.8) is 0 Å². The zero-order valence-electron chi connectivity index (χ0n) is 8.62. The van der Waals surface area contributed by atoms with Gasteiger partial charge in [0, 0.05) is 18.1 Å². The second kappa shape index (κ2) is 4.32. The summed E-state index contributed by atoms with van der Waals surface area (Å²) in [5.41, 5.74) is 1.06. The average molecular weight is 234 g/mol. The maximum Gasteiger partial charge on any atom is 0.337 e. The molecule has 0 saturated heterocycles. The maximum atomic E-state index is 11.1. The molecule has 4 nitrogen and oxygen atoms in total. The summed E-state index contributed by atoms with van der Waals surface area (Å²) in [6, 6.07) is 5.40. The molecule has 2 heterocycles. The third kappa shape index (κ3) is 2.04. The van der Waals surface area contributed by atoms with Crippen LogP contribution in [0.25, 0.3) is 11.6 Å². The smallest absolute Gasteiger partial charge is 0.337 e. The van der Waals surface area contributed by atoms with E-state index in [1.807, 2.05) is 11.4 Å². The highest BCUT2D eigenvalue weighted by Gasteiger charge is 2.12. The van der Waals surface area contributed by atoms with Gasteiger partial charge < -0.3 is 5.11 Å². The zero-order valence-corrected chi connectivity index (χ0v) is 9.44. The summed E-state index contributed by atoms with van der Waals surface area (Å²) in [6.07, 6.45) is 3.26. The van der Waals surface area contributed by atoms with E-state index < -0.39 is 5.97 Å². The quantitative estimate of drug-likeness (QED) is 0.827. The first-order valence-electron chi connectivity index (χ1n) is 4.65. The number of carbonyl (C=O) groups is 1. The first-order valence-corrected chi connectivity index (χ1v) is 5.53. The van der Waals surface area contributed by atoms with Gasteiger partial charge in [-0.15, -0.1) is 11.3 Å². The molecule has 5 heteroatoms. The Kier molecular flexibility index (Phi) is 2.87. The summed E-state index contributed by atoms with van der Waals surface area (Å²) in [5, 5.41) is 15.0. The largest absolute Gasteiger partial charge is 0.478 e. The SMILES string of the molecule is Cn1nccc1/C=C(/C(=O)O)c1cccs1. The van der Waals surface area contributed by atoms with Crippen LogP contribution in [0.15, 0.2) is 29.8 Å². The first-order chi connectivity index (χ1) is 7.68. The molecule has 0 aliphatic heterocycles. The number of hydrogen-bond acceptors (Lipinski definition) is 3. The van der Waals surface area contributed by atoms with Crippen LogP contribution in [-0.4, -0.2) is 20.9 Å². The molecule has 0 radical (unpaired) electrons. The van der Waals surface area contributed by atoms with Gasteiger partial charge in [0.15, 0.2) is 0 Å². The minimum atomic E-state index is -0.927. The van der Waals surface area contributed by atoms with Crippen LogP contribution in [-0.2, 0) is 11.8 Å². The summed E-state index contributed by atoms with van der Waals surface area (Å²) in [6.45, 7) is 0. The van der Waals surface area contributed by atoms with E-state index in [4.69, 9.17) is 5.11 Å². The zero-order chi connectivity index (χ0) is 11.5. The fourth-order valence-electron chi connectivity index (χ4n) is 1.34. The fourth-order valence-corrected chi connectivity index (χ4v) is 2.08. The molecular formula is C11H10N2O2S. The van der Waals surface area contributed by atoms with Gasteiger partial charge in [-0.2, -0.15) is 5.10 Å². The molecule has 0 fully saturated rings. The van der Waals surface area contributed by atoms with E-state index in [9.17, 15) is 4.79 Å². The highest BCUT2D eigenvalue weighted by Crippen LogP contribution is 2.22. The summed E-state index contributed by atoms with van der Waals surface area (Å²) < 4.78 is 1.64. The lowest BCUT2D eigenvalue weighted by Gasteiger charge is -1.99. The number of carboxylic acids is 1. The molecule has 0 aliphatic rings. The van der Waals surface area contributed by atoms with Crippen molar-refractivity contribution in [2.24, 2.45) is 7.05 Å². The Hall–Kier alpha value is -1.88. The van der Waals surface area contributed by atoms with Crippen molar-refractivity contribution in [1.29, 1.82) is 0 Å². The van der Waals surface area contributed by atoms with Gasteiger partial charge in [0.25, 0.3) is 0 Å². The Morgan fingerprint density at radius 2 is 2.38 bits per heavy atom. The summed E-state index contributed by atoms with van der Waals surface area (Å²) in [4.78, 5) is 11.9. The Morgan fingerprint density at radius 1 is 1.56 bits per heavy atom. The molecule has 0 aliphatic carbocycles. The third-order valence-electron chi connectivity index (χ3n) is 2.17. The molecular weight excluding hydrogens is 224 g/mol. The molecule has 82 valence electrons. The van der Waals surface area contributed by atoms with Gasteiger partial charge in [-0.3, -0.25) is 4.68 Å². The van der Waals surface area contributed by atoms with E-state index in [0.29, 0.717) is 5.57 Å². The number of aromatic nitrogens is 2. The van der Waals surface area contributed by atoms with Crippen LogP contribution in [0.5, 0.6) is 0 Å². The number of aryl methyl sites for hydroxylation is 1. The molecule has 0 aromatic carbocycles. The van der Waals surface area contributed by atoms with E-state index in [2.05, 4.69) is 5.10 Å². The van der Waals surface area contributed by atoms with Crippen molar-refractivity contribution in [3.05, 3.63) is 40.3 Å². The Balaban J connectivity index is 2.45. The standard InChI is InChI=1S/C11H10N2O2S/c1-13-8(4-5-12-13)7-9(11(14)15)10-3-2-6-16-10/h2-7H,1H3,(H,14,15)/b9-7+. The monoisotopic (exact) mass is 234 g/mol. The van der Waals surface area contributed by atoms with Crippen molar-refractivity contribution in [2.45, 2.75) is 0 Å². The normalized spacial score (nSPS) is 11.7. The van der Waals surface area contributed by atoms with Gasteiger partial charge >= 0.3 is 5.97 Å². The number of rotatable bonds is 3. The number of hydrogen-bond donors (Lipinski definition) is 1. The highest BCUT2D eigenvalue weighted by molar-refractivity contribution is 7.11. The van der Waals surface area contributed by atoms with E-state index in [0.717, 1.165) is 10.6 Å². The molecule has 0 bridgehead atoms. The van der Waals surface area contributed by atoms with Gasteiger partial charge in [0.05, 0.1) is 11.3 Å². The Labute approximate surface area is 96.5 Å². The molecule has 2 aromatic rings. The van der Waals surface area contributed by atoms with Crippen LogP contribution < -0.4 is 0 Å². The van der Waals surface area contributed by atoms with Gasteiger partial charge in [-0.05, 0) is 23.6 Å². The Bertz CT molecular complexity index is 526. The molecule has 0 saturated carbocycles. The lowest BCUT2D eigenvalue weighted by atomic mass is 10.2. The summed E-state index contributed by atoms with van der Waals surface area (Å²) >= 11 is 1.41. The molecule has 0 spiro atoms. The lowest BCUT2D eigenvalue weighted by Crippen LogP contribution is -2.00. The fraction of sp³-hybridized carbons (Fsp3) is 0.0909. The second-order valence-corrected chi connectivity index (χ2v) is 4.17. The van der Waals surface area contributed by atoms with Crippen LogP contribution >= 0.6 is 11.3 Å². The van der Waals surface area contributed by atoms with Crippen LogP contribution in [0, 0.1) is 0 Å². The van der Waals surface area contributed by atoms with Crippen molar-refractivity contribution in [3.8, 4) is 0 Å². The van der Waals surface area contributed by atoms with E-state index in [-0.39, 0.29) is 0 Å². The molecule has 0 unspecified atom stereocenters. The minimum Gasteiger partial charge on any atom is -0.478 e. The number of nitrogens with zero attached hydrogens (tertiary/aromatic N) is 2. The Morgan fingerprint density at radius 3 is 2.88 bits per heavy atom. The van der Waals surface area contributed by atoms with Crippen molar-refractivity contribution >= 4 is 29.0 Å². The molecule has 2 rings (SSSR count). The first kappa shape index (κ1) is 10.6. The molecule has 0 atom stereocenters. The van der Waals surface area contributed by atoms with Gasteiger partial charge in [-0.1, -0.05) is 6.07 Å². The topological polar surface area (TPSA) is 55.1 Å². The van der Waals surface area contributed by atoms with E-state index in [1.54, 1.807) is 36.1 Å². The van der Waals surface area contributed by atoms with Crippen LogP contribution in [0.4, 0.5) is 0 Å². The van der Waals surface area contributed by atoms with Gasteiger partial charge in [-0.25, -0.2) is 4.79 Å². The molecule has 16 heavy (non-hydrogen) atoms. The maximum absolute atomic E-state index is 11.1. The highest BCUT2D eigenvalue weighted by atomic mass is 32.1. The summed E-state index contributed by atoms with van der Waals surface area (Å²) in [7, 11) is 1.78. The van der Waals surface area contributed by atoms with E-state index in [1.165, 1.54) is 11.3 Å². The third-order valence-corrected chi connectivity index (χ3v) is 3.07. The molecule has 0 amide bonds. The van der Waals surface area contributed by atoms with Crippen LogP contribution in [0.2, 0.25) is 0 Å². The van der Waals surface area contributed by atoms with Crippen LogP contribution in [0.1, 0.15) is 10.6 Å². The van der Waals surface area contributed by atoms with Gasteiger partial charge in [0.2, 0.25) is 0 Å². The predicted octanol–water partition coefficient (Wildman–Crippen LogP) is 2.11. The summed E-state index contributed by atoms with van der Waals surface area (Å²) in [5.74, 6) is -0.927. The average Bonchev–Trinajstić information content (AvgIpc) is 2.85. The molecule has 2 aromatic heterocycles. The number of carboxylic acid groups (broad SMARTS) is 1. The van der Waals surface area contributed by atoms with Crippen molar-refractivity contribution in [2.75, 3.05) is 0 Å². The number of aliphatic carboxylic acids is 1. The van der Waals surface area contributed by atoms with Crippen LogP contribution in [0.3, 0.4) is 0 Å². The number of thiophene rings is 1. The van der Waals surface area contributed by atoms with Crippen molar-refractivity contribution < 1.29 is 9.90 Å². The van der Waals surface area contributed by atoms with E-state index >= 15 is 0 Å². The predicted molar refractivity (Wildman–Crippen MR) is 63.0 cm³/mol. The second-order valence-electron chi connectivity index (χ2n) is 3.22. The van der Waals surface area contributed by atoms with Crippen molar-refractivity contribution in [1.82, 2.24) is 9.78 Å². The molecule has 1 N–H and O–H groups in total. The minimum absolute atomic E-state index is 0.290. The lowest BCUT2D eigenvalue weighted by molar-refractivity contribution is -0.130. The van der Waals surface area contributed by atoms with Gasteiger partial charge in [0.1, 0.15) is 0 Å².